The average Bonchev–Trinajstić information content (AvgIpc) is 2.80. The average molecular weight is 249 g/mol. The molecule has 0 bridgehead atoms. The second-order valence-electron chi connectivity index (χ2n) is 4.69. The van der Waals surface area contributed by atoms with Crippen molar-refractivity contribution in [3.05, 3.63) is 65.4 Å². The van der Waals surface area contributed by atoms with E-state index in [1.807, 2.05) is 42.5 Å². The van der Waals surface area contributed by atoms with Crippen LogP contribution >= 0.6 is 0 Å². The van der Waals surface area contributed by atoms with E-state index in [1.165, 1.54) is 5.56 Å². The van der Waals surface area contributed by atoms with Crippen LogP contribution in [0.4, 0.5) is 5.69 Å². The van der Waals surface area contributed by atoms with E-state index in [-0.39, 0.29) is 0 Å². The highest BCUT2D eigenvalue weighted by Gasteiger charge is 2.00. The van der Waals surface area contributed by atoms with Crippen molar-refractivity contribution in [2.24, 2.45) is 0 Å². The number of hydrogen-bond donors (Lipinski definition) is 1. The third kappa shape index (κ3) is 2.52. The van der Waals surface area contributed by atoms with Crippen LogP contribution in [-0.4, -0.2) is 0 Å². The van der Waals surface area contributed by atoms with Crippen molar-refractivity contribution in [2.45, 2.75) is 6.92 Å². The smallest absolute Gasteiger partial charge is 0.135 e. The molecule has 0 atom stereocenters. The van der Waals surface area contributed by atoms with Crippen molar-refractivity contribution in [1.82, 2.24) is 0 Å². The lowest BCUT2D eigenvalue weighted by molar-refractivity contribution is 0.604. The molecule has 1 aromatic heterocycles. The minimum Gasteiger partial charge on any atom is -0.457 e. The van der Waals surface area contributed by atoms with Crippen molar-refractivity contribution in [1.29, 1.82) is 0 Å². The Balaban J connectivity index is 1.90. The van der Waals surface area contributed by atoms with E-state index in [4.69, 9.17) is 10.2 Å². The number of furan rings is 1. The van der Waals surface area contributed by atoms with Crippen LogP contribution in [0, 0.1) is 6.92 Å². The van der Waals surface area contributed by atoms with E-state index in [1.54, 1.807) is 0 Å². The molecule has 0 unspecified atom stereocenters. The molecular weight excluding hydrogens is 234 g/mol. The number of benzene rings is 2. The summed E-state index contributed by atoms with van der Waals surface area (Å²) in [7, 11) is 0. The molecule has 0 saturated heterocycles. The lowest BCUT2D eigenvalue weighted by Gasteiger charge is -1.93. The standard InChI is InChI=1S/C17H15NO/c1-12-2-6-14-11-16(19-17(14)10-12)9-5-13-3-7-15(18)8-4-13/h2-11H,18H2,1H3. The number of fused-ring (bicyclic) bond motifs is 1. The number of rotatable bonds is 2. The second-order valence-corrected chi connectivity index (χ2v) is 4.69. The minimum atomic E-state index is 0.774. The van der Waals surface area contributed by atoms with Gasteiger partial charge < -0.3 is 10.2 Å². The highest BCUT2D eigenvalue weighted by molar-refractivity contribution is 5.82. The van der Waals surface area contributed by atoms with Crippen LogP contribution in [-0.2, 0) is 0 Å². The third-order valence-electron chi connectivity index (χ3n) is 3.07. The first-order valence-electron chi connectivity index (χ1n) is 6.24. The van der Waals surface area contributed by atoms with Crippen molar-refractivity contribution >= 4 is 28.8 Å². The van der Waals surface area contributed by atoms with Crippen molar-refractivity contribution in [2.75, 3.05) is 5.73 Å². The maximum Gasteiger partial charge on any atom is 0.135 e. The van der Waals surface area contributed by atoms with E-state index in [2.05, 4.69) is 25.1 Å². The van der Waals surface area contributed by atoms with Gasteiger partial charge in [-0.05, 0) is 48.4 Å². The first-order chi connectivity index (χ1) is 9.20. The van der Waals surface area contributed by atoms with Gasteiger partial charge in [-0.15, -0.1) is 0 Å². The summed E-state index contributed by atoms with van der Waals surface area (Å²) in [5.74, 6) is 0.859. The molecule has 0 aliphatic rings. The van der Waals surface area contributed by atoms with Crippen LogP contribution in [0.5, 0.6) is 0 Å². The summed E-state index contributed by atoms with van der Waals surface area (Å²) >= 11 is 0. The molecule has 3 rings (SSSR count). The summed E-state index contributed by atoms with van der Waals surface area (Å²) in [5.41, 5.74) is 9.67. The molecule has 2 heteroatoms. The van der Waals surface area contributed by atoms with Gasteiger partial charge in [0.25, 0.3) is 0 Å². The van der Waals surface area contributed by atoms with Crippen molar-refractivity contribution < 1.29 is 4.42 Å². The Morgan fingerprint density at radius 3 is 2.53 bits per heavy atom. The lowest BCUT2D eigenvalue weighted by Crippen LogP contribution is -1.82. The van der Waals surface area contributed by atoms with E-state index in [0.29, 0.717) is 0 Å². The highest BCUT2D eigenvalue weighted by Crippen LogP contribution is 2.22. The molecule has 0 aliphatic carbocycles. The van der Waals surface area contributed by atoms with E-state index in [9.17, 15) is 0 Å². The summed E-state index contributed by atoms with van der Waals surface area (Å²) in [6, 6.07) is 16.0. The molecule has 94 valence electrons. The fraction of sp³-hybridized carbons (Fsp3) is 0.0588. The summed E-state index contributed by atoms with van der Waals surface area (Å²) in [6.07, 6.45) is 3.99. The molecular formula is C17H15NO. The number of nitrogen functional groups attached to an aromatic ring is 1. The SMILES string of the molecule is Cc1ccc2cc(C=Cc3ccc(N)cc3)oc2c1. The summed E-state index contributed by atoms with van der Waals surface area (Å²) in [5, 5.41) is 1.13. The predicted molar refractivity (Wildman–Crippen MR) is 80.7 cm³/mol. The fourth-order valence-corrected chi connectivity index (χ4v) is 2.03. The van der Waals surface area contributed by atoms with Crippen LogP contribution in [0.3, 0.4) is 0 Å². The molecule has 0 fully saturated rings. The first kappa shape index (κ1) is 11.6. The predicted octanol–water partition coefficient (Wildman–Crippen LogP) is 4.49. The molecule has 3 aromatic rings. The van der Waals surface area contributed by atoms with Gasteiger partial charge in [0.05, 0.1) is 0 Å². The largest absolute Gasteiger partial charge is 0.457 e. The van der Waals surface area contributed by atoms with Gasteiger partial charge in [0.15, 0.2) is 0 Å². The zero-order valence-electron chi connectivity index (χ0n) is 10.8. The van der Waals surface area contributed by atoms with Gasteiger partial charge in [0, 0.05) is 11.1 Å². The van der Waals surface area contributed by atoms with Crippen LogP contribution in [0.2, 0.25) is 0 Å². The van der Waals surface area contributed by atoms with Gasteiger partial charge in [-0.3, -0.25) is 0 Å². The van der Waals surface area contributed by atoms with E-state index >= 15 is 0 Å². The Bertz CT molecular complexity index is 736. The topological polar surface area (TPSA) is 39.2 Å². The van der Waals surface area contributed by atoms with Gasteiger partial charge in [-0.2, -0.15) is 0 Å². The first-order valence-corrected chi connectivity index (χ1v) is 6.24. The zero-order chi connectivity index (χ0) is 13.2. The molecule has 0 saturated carbocycles. The van der Waals surface area contributed by atoms with Gasteiger partial charge in [0.2, 0.25) is 0 Å². The lowest BCUT2D eigenvalue weighted by atomic mass is 10.1. The third-order valence-corrected chi connectivity index (χ3v) is 3.07. The molecule has 2 N–H and O–H groups in total. The maximum atomic E-state index is 5.78. The molecule has 0 spiro atoms. The zero-order valence-corrected chi connectivity index (χ0v) is 10.8. The number of hydrogen-bond acceptors (Lipinski definition) is 2. The Morgan fingerprint density at radius 2 is 1.74 bits per heavy atom. The van der Waals surface area contributed by atoms with Crippen LogP contribution in [0.25, 0.3) is 23.1 Å². The normalized spacial score (nSPS) is 11.4. The molecule has 19 heavy (non-hydrogen) atoms. The molecule has 2 nitrogen and oxygen atoms in total. The monoisotopic (exact) mass is 249 g/mol. The van der Waals surface area contributed by atoms with E-state index in [0.717, 1.165) is 28.0 Å². The summed E-state index contributed by atoms with van der Waals surface area (Å²) < 4.78 is 5.78. The summed E-state index contributed by atoms with van der Waals surface area (Å²) in [6.45, 7) is 2.06. The van der Waals surface area contributed by atoms with Gasteiger partial charge in [-0.1, -0.05) is 30.3 Å². The Kier molecular flexibility index (Phi) is 2.84. The maximum absolute atomic E-state index is 5.78. The Morgan fingerprint density at radius 1 is 0.947 bits per heavy atom. The van der Waals surface area contributed by atoms with Crippen LogP contribution in [0.15, 0.2) is 52.9 Å². The molecule has 0 aliphatic heterocycles. The molecule has 2 aromatic carbocycles. The fourth-order valence-electron chi connectivity index (χ4n) is 2.03. The molecule has 0 radical (unpaired) electrons. The number of nitrogens with two attached hydrogens (primary N) is 1. The Labute approximate surface area is 112 Å². The van der Waals surface area contributed by atoms with Crippen molar-refractivity contribution in [3.8, 4) is 0 Å². The van der Waals surface area contributed by atoms with E-state index < -0.39 is 0 Å². The molecule has 0 amide bonds. The Hall–Kier alpha value is -2.48. The highest BCUT2D eigenvalue weighted by atomic mass is 16.3. The minimum absolute atomic E-state index is 0.774. The van der Waals surface area contributed by atoms with Crippen LogP contribution in [0.1, 0.15) is 16.9 Å². The molecule has 1 heterocycles. The van der Waals surface area contributed by atoms with Gasteiger partial charge >= 0.3 is 0 Å². The summed E-state index contributed by atoms with van der Waals surface area (Å²) in [4.78, 5) is 0. The van der Waals surface area contributed by atoms with Gasteiger partial charge in [0.1, 0.15) is 11.3 Å². The number of aryl methyl sites for hydroxylation is 1. The second kappa shape index (κ2) is 4.65. The van der Waals surface area contributed by atoms with Crippen molar-refractivity contribution in [3.63, 3.8) is 0 Å². The quantitative estimate of drug-likeness (QED) is 0.679. The number of anilines is 1. The van der Waals surface area contributed by atoms with Crippen LogP contribution < -0.4 is 5.73 Å². The van der Waals surface area contributed by atoms with Gasteiger partial charge in [-0.25, -0.2) is 0 Å².